The molecule has 0 aliphatic rings. The van der Waals surface area contributed by atoms with E-state index in [1.54, 1.807) is 0 Å². The van der Waals surface area contributed by atoms with Crippen LogP contribution in [0.1, 0.15) is 16.7 Å². The third-order valence-electron chi connectivity index (χ3n) is 3.60. The predicted octanol–water partition coefficient (Wildman–Crippen LogP) is 3.81. The van der Waals surface area contributed by atoms with Crippen LogP contribution in [0.25, 0.3) is 11.0 Å². The van der Waals surface area contributed by atoms with Crippen molar-refractivity contribution in [1.82, 2.24) is 0 Å². The van der Waals surface area contributed by atoms with Gasteiger partial charge in [-0.2, -0.15) is 13.2 Å². The van der Waals surface area contributed by atoms with Crippen molar-refractivity contribution in [2.24, 2.45) is 0 Å². The smallest absolute Gasteiger partial charge is 0.416 e. The Morgan fingerprint density at radius 2 is 1.79 bits per heavy atom. The Kier molecular flexibility index (Phi) is 3.71. The van der Waals surface area contributed by atoms with Gasteiger partial charge < -0.3 is 14.6 Å². The number of hydrogen-bond donors (Lipinski definition) is 2. The van der Waals surface area contributed by atoms with E-state index >= 15 is 0 Å². The Balaban J connectivity index is 2.11. The number of alkyl halides is 3. The summed E-state index contributed by atoms with van der Waals surface area (Å²) >= 11 is 0. The van der Waals surface area contributed by atoms with E-state index in [0.717, 1.165) is 18.2 Å². The van der Waals surface area contributed by atoms with Crippen molar-refractivity contribution in [3.05, 3.63) is 69.6 Å². The Hall–Kier alpha value is -2.96. The topological polar surface area (TPSA) is 70.7 Å². The largest absolute Gasteiger partial charge is 0.504 e. The first-order chi connectivity index (χ1) is 11.3. The van der Waals surface area contributed by atoms with Crippen molar-refractivity contribution in [2.75, 3.05) is 0 Å². The normalized spacial score (nSPS) is 11.8. The molecule has 0 saturated carbocycles. The molecule has 0 spiro atoms. The summed E-state index contributed by atoms with van der Waals surface area (Å²) in [5.41, 5.74) is -1.03. The van der Waals surface area contributed by atoms with Gasteiger partial charge in [0.05, 0.1) is 5.56 Å². The summed E-state index contributed by atoms with van der Waals surface area (Å²) < 4.78 is 43.3. The number of fused-ring (bicyclic) bond motifs is 1. The van der Waals surface area contributed by atoms with E-state index < -0.39 is 28.9 Å². The van der Waals surface area contributed by atoms with Crippen molar-refractivity contribution in [2.45, 2.75) is 12.6 Å². The fraction of sp³-hybridized carbons (Fsp3) is 0.118. The molecule has 0 aliphatic carbocycles. The van der Waals surface area contributed by atoms with E-state index in [2.05, 4.69) is 0 Å². The fourth-order valence-corrected chi connectivity index (χ4v) is 2.49. The number of phenolic OH excluding ortho intramolecular Hbond substituents is 2. The summed E-state index contributed by atoms with van der Waals surface area (Å²) in [5, 5.41) is 19.6. The minimum absolute atomic E-state index is 0.0379. The molecule has 7 heteroatoms. The molecule has 0 saturated heterocycles. The SMILES string of the molecule is O=c1cc(Cc2cccc(C(F)(F)F)c2)c2ccc(O)c(O)c2o1. The van der Waals surface area contributed by atoms with E-state index in [1.165, 1.54) is 24.3 Å². The molecule has 1 aromatic heterocycles. The lowest BCUT2D eigenvalue weighted by Gasteiger charge is -2.10. The standard InChI is InChI=1S/C17H11F3O4/c18-17(19,20)11-3-1-2-9(7-11)6-10-8-14(22)24-16-12(10)4-5-13(21)15(16)23/h1-5,7-8,21,23H,6H2. The maximum absolute atomic E-state index is 12.8. The maximum atomic E-state index is 12.8. The monoisotopic (exact) mass is 336 g/mol. The van der Waals surface area contributed by atoms with Crippen LogP contribution >= 0.6 is 0 Å². The van der Waals surface area contributed by atoms with E-state index in [0.29, 0.717) is 16.5 Å². The second-order valence-corrected chi connectivity index (χ2v) is 5.28. The summed E-state index contributed by atoms with van der Waals surface area (Å²) in [6.45, 7) is 0. The maximum Gasteiger partial charge on any atom is 0.416 e. The van der Waals surface area contributed by atoms with Crippen LogP contribution in [0.5, 0.6) is 11.5 Å². The van der Waals surface area contributed by atoms with Crippen LogP contribution in [-0.2, 0) is 12.6 Å². The van der Waals surface area contributed by atoms with Gasteiger partial charge in [-0.05, 0) is 35.7 Å². The first kappa shape index (κ1) is 15.9. The lowest BCUT2D eigenvalue weighted by atomic mass is 10.00. The van der Waals surface area contributed by atoms with Gasteiger partial charge in [-0.1, -0.05) is 18.2 Å². The van der Waals surface area contributed by atoms with Gasteiger partial charge in [-0.15, -0.1) is 0 Å². The highest BCUT2D eigenvalue weighted by atomic mass is 19.4. The average molecular weight is 336 g/mol. The fourth-order valence-electron chi connectivity index (χ4n) is 2.49. The zero-order valence-electron chi connectivity index (χ0n) is 12.1. The number of hydrogen-bond acceptors (Lipinski definition) is 4. The predicted molar refractivity (Wildman–Crippen MR) is 80.1 cm³/mol. The minimum Gasteiger partial charge on any atom is -0.504 e. The van der Waals surface area contributed by atoms with Crippen molar-refractivity contribution in [3.63, 3.8) is 0 Å². The molecule has 0 amide bonds. The van der Waals surface area contributed by atoms with Crippen LogP contribution in [0.4, 0.5) is 13.2 Å². The second-order valence-electron chi connectivity index (χ2n) is 5.28. The zero-order chi connectivity index (χ0) is 17.5. The zero-order valence-corrected chi connectivity index (χ0v) is 12.1. The summed E-state index contributed by atoms with van der Waals surface area (Å²) in [4.78, 5) is 11.6. The highest BCUT2D eigenvalue weighted by Gasteiger charge is 2.30. The molecule has 124 valence electrons. The van der Waals surface area contributed by atoms with Crippen molar-refractivity contribution >= 4 is 11.0 Å². The van der Waals surface area contributed by atoms with Gasteiger partial charge in [0.1, 0.15) is 0 Å². The van der Waals surface area contributed by atoms with Gasteiger partial charge >= 0.3 is 11.8 Å². The summed E-state index contributed by atoms with van der Waals surface area (Å²) in [6.07, 6.45) is -4.42. The Morgan fingerprint density at radius 3 is 2.50 bits per heavy atom. The van der Waals surface area contributed by atoms with E-state index in [-0.39, 0.29) is 12.0 Å². The molecule has 0 radical (unpaired) electrons. The van der Waals surface area contributed by atoms with Gasteiger partial charge in [0.2, 0.25) is 5.75 Å². The molecule has 0 aliphatic heterocycles. The third kappa shape index (κ3) is 2.92. The van der Waals surface area contributed by atoms with E-state index in [9.17, 15) is 28.2 Å². The van der Waals surface area contributed by atoms with Crippen LogP contribution in [0.2, 0.25) is 0 Å². The summed E-state index contributed by atoms with van der Waals surface area (Å²) in [6, 6.07) is 8.55. The number of halogens is 3. The molecular weight excluding hydrogens is 325 g/mol. The molecule has 0 fully saturated rings. The average Bonchev–Trinajstić information content (AvgIpc) is 2.51. The van der Waals surface area contributed by atoms with Crippen LogP contribution in [0.3, 0.4) is 0 Å². The van der Waals surface area contributed by atoms with Crippen molar-refractivity contribution in [1.29, 1.82) is 0 Å². The van der Waals surface area contributed by atoms with Crippen molar-refractivity contribution in [3.8, 4) is 11.5 Å². The molecule has 4 nitrogen and oxygen atoms in total. The lowest BCUT2D eigenvalue weighted by molar-refractivity contribution is -0.137. The van der Waals surface area contributed by atoms with Crippen LogP contribution in [-0.4, -0.2) is 10.2 Å². The van der Waals surface area contributed by atoms with Gasteiger partial charge in [0.25, 0.3) is 0 Å². The van der Waals surface area contributed by atoms with Crippen LogP contribution in [0.15, 0.2) is 51.7 Å². The Labute approximate surface area is 133 Å². The molecule has 0 bridgehead atoms. The lowest BCUT2D eigenvalue weighted by Crippen LogP contribution is -2.06. The number of rotatable bonds is 2. The number of phenols is 2. The molecule has 0 atom stereocenters. The second kappa shape index (κ2) is 5.59. The van der Waals surface area contributed by atoms with Gasteiger partial charge in [0.15, 0.2) is 11.3 Å². The first-order valence-electron chi connectivity index (χ1n) is 6.89. The van der Waals surface area contributed by atoms with Gasteiger partial charge in [-0.25, -0.2) is 4.79 Å². The molecule has 1 heterocycles. The Bertz CT molecular complexity index is 974. The highest BCUT2D eigenvalue weighted by molar-refractivity contribution is 5.87. The molecular formula is C17H11F3O4. The quantitative estimate of drug-likeness (QED) is 0.551. The van der Waals surface area contributed by atoms with Crippen LogP contribution < -0.4 is 5.63 Å². The number of benzene rings is 2. The minimum atomic E-state index is -4.46. The summed E-state index contributed by atoms with van der Waals surface area (Å²) in [5.74, 6) is -1.04. The van der Waals surface area contributed by atoms with Crippen molar-refractivity contribution < 1.29 is 27.8 Å². The van der Waals surface area contributed by atoms with Crippen LogP contribution in [0, 0.1) is 0 Å². The molecule has 3 aromatic rings. The Morgan fingerprint density at radius 1 is 1.04 bits per heavy atom. The molecule has 3 rings (SSSR count). The van der Waals surface area contributed by atoms with E-state index in [4.69, 9.17) is 4.42 Å². The first-order valence-corrected chi connectivity index (χ1v) is 6.89. The highest BCUT2D eigenvalue weighted by Crippen LogP contribution is 2.35. The van der Waals surface area contributed by atoms with E-state index in [1.807, 2.05) is 0 Å². The number of aromatic hydroxyl groups is 2. The van der Waals surface area contributed by atoms with Gasteiger partial charge in [-0.3, -0.25) is 0 Å². The molecule has 2 aromatic carbocycles. The molecule has 0 unspecified atom stereocenters. The molecule has 24 heavy (non-hydrogen) atoms. The summed E-state index contributed by atoms with van der Waals surface area (Å²) in [7, 11) is 0. The third-order valence-corrected chi connectivity index (χ3v) is 3.60. The molecule has 2 N–H and O–H groups in total. The van der Waals surface area contributed by atoms with Gasteiger partial charge in [0, 0.05) is 11.5 Å².